The first-order valence-electron chi connectivity index (χ1n) is 8.66. The Morgan fingerprint density at radius 2 is 1.97 bits per heavy atom. The molecule has 0 aliphatic carbocycles. The molecule has 11 heteroatoms. The van der Waals surface area contributed by atoms with Crippen molar-refractivity contribution in [3.63, 3.8) is 0 Å². The van der Waals surface area contributed by atoms with Gasteiger partial charge in [-0.3, -0.25) is 24.0 Å². The third-order valence-corrected chi connectivity index (χ3v) is 4.47. The zero-order valence-electron chi connectivity index (χ0n) is 15.9. The number of aromatic nitrogens is 6. The second-order valence-corrected chi connectivity index (χ2v) is 6.58. The molecule has 0 aliphatic heterocycles. The zero-order valence-corrected chi connectivity index (χ0v) is 15.9. The van der Waals surface area contributed by atoms with Crippen LogP contribution < -0.4 is 16.6 Å². The molecule has 4 aromatic rings. The molecule has 3 aromatic heterocycles. The van der Waals surface area contributed by atoms with Gasteiger partial charge in [0.1, 0.15) is 6.54 Å². The highest BCUT2D eigenvalue weighted by Gasteiger charge is 2.17. The summed E-state index contributed by atoms with van der Waals surface area (Å²) in [6, 6.07) is 7.46. The van der Waals surface area contributed by atoms with Crippen molar-refractivity contribution in [2.24, 2.45) is 14.1 Å². The fourth-order valence-electron chi connectivity index (χ4n) is 3.00. The SMILES string of the molecule is Cc1cccc(-c2nnc(NC(=O)Cn3cnc4c3c(=O)n(C)c(=O)n4C)o2)c1. The van der Waals surface area contributed by atoms with Gasteiger partial charge in [-0.15, -0.1) is 5.10 Å². The topological polar surface area (TPSA) is 130 Å². The number of nitrogens with zero attached hydrogens (tertiary/aromatic N) is 6. The van der Waals surface area contributed by atoms with E-state index in [0.717, 1.165) is 15.7 Å². The van der Waals surface area contributed by atoms with Gasteiger partial charge >= 0.3 is 11.7 Å². The van der Waals surface area contributed by atoms with Crippen molar-refractivity contribution in [1.82, 2.24) is 28.9 Å². The molecule has 3 heterocycles. The molecular weight excluding hydrogens is 378 g/mol. The number of rotatable bonds is 4. The molecule has 0 saturated heterocycles. The summed E-state index contributed by atoms with van der Waals surface area (Å²) < 4.78 is 9.06. The predicted molar refractivity (Wildman–Crippen MR) is 103 cm³/mol. The number of hydrogen-bond donors (Lipinski definition) is 1. The summed E-state index contributed by atoms with van der Waals surface area (Å²) in [7, 11) is 2.87. The van der Waals surface area contributed by atoms with Crippen molar-refractivity contribution in [2.45, 2.75) is 13.5 Å². The Kier molecular flexibility index (Phi) is 4.34. The lowest BCUT2D eigenvalue weighted by Crippen LogP contribution is -2.37. The molecular formula is C18H17N7O4. The van der Waals surface area contributed by atoms with Crippen LogP contribution in [-0.2, 0) is 25.4 Å². The van der Waals surface area contributed by atoms with Crippen LogP contribution in [0.1, 0.15) is 5.56 Å². The minimum Gasteiger partial charge on any atom is -0.403 e. The Morgan fingerprint density at radius 1 is 1.17 bits per heavy atom. The Morgan fingerprint density at radius 3 is 2.72 bits per heavy atom. The Bertz CT molecular complexity index is 1360. The van der Waals surface area contributed by atoms with Gasteiger partial charge in [0.25, 0.3) is 5.56 Å². The largest absolute Gasteiger partial charge is 0.403 e. The van der Waals surface area contributed by atoms with Crippen LogP contribution in [0.25, 0.3) is 22.6 Å². The van der Waals surface area contributed by atoms with E-state index < -0.39 is 17.2 Å². The van der Waals surface area contributed by atoms with Gasteiger partial charge in [0.05, 0.1) is 6.33 Å². The third kappa shape index (κ3) is 3.22. The second kappa shape index (κ2) is 6.86. The van der Waals surface area contributed by atoms with Crippen LogP contribution in [0.15, 0.2) is 44.6 Å². The van der Waals surface area contributed by atoms with Gasteiger partial charge in [-0.25, -0.2) is 9.78 Å². The number of anilines is 1. The Hall–Kier alpha value is -4.02. The lowest BCUT2D eigenvalue weighted by atomic mass is 10.1. The number of amides is 1. The molecule has 0 atom stereocenters. The highest BCUT2D eigenvalue weighted by atomic mass is 16.4. The Balaban J connectivity index is 1.57. The molecule has 0 spiro atoms. The highest BCUT2D eigenvalue weighted by Crippen LogP contribution is 2.20. The molecule has 0 saturated carbocycles. The van der Waals surface area contributed by atoms with Crippen molar-refractivity contribution >= 4 is 23.1 Å². The highest BCUT2D eigenvalue weighted by molar-refractivity contribution is 5.89. The average Bonchev–Trinajstić information content (AvgIpc) is 3.32. The molecule has 1 amide bonds. The number of carbonyl (C=O) groups excluding carboxylic acids is 1. The summed E-state index contributed by atoms with van der Waals surface area (Å²) in [5, 5.41) is 10.3. The van der Waals surface area contributed by atoms with Crippen molar-refractivity contribution in [2.75, 3.05) is 5.32 Å². The number of aryl methyl sites for hydroxylation is 2. The normalized spacial score (nSPS) is 11.1. The van der Waals surface area contributed by atoms with Crippen LogP contribution in [0.4, 0.5) is 6.01 Å². The first kappa shape index (κ1) is 18.3. The van der Waals surface area contributed by atoms with E-state index >= 15 is 0 Å². The average molecular weight is 395 g/mol. The van der Waals surface area contributed by atoms with Crippen molar-refractivity contribution in [1.29, 1.82) is 0 Å². The first-order chi connectivity index (χ1) is 13.8. The fourth-order valence-corrected chi connectivity index (χ4v) is 3.00. The van der Waals surface area contributed by atoms with Gasteiger partial charge in [0, 0.05) is 19.7 Å². The van der Waals surface area contributed by atoms with Crippen molar-refractivity contribution < 1.29 is 9.21 Å². The molecule has 0 bridgehead atoms. The molecule has 29 heavy (non-hydrogen) atoms. The number of imidazole rings is 1. The maximum absolute atomic E-state index is 12.4. The molecule has 1 N–H and O–H groups in total. The summed E-state index contributed by atoms with van der Waals surface area (Å²) in [6.07, 6.45) is 1.33. The molecule has 0 radical (unpaired) electrons. The van der Waals surface area contributed by atoms with Gasteiger partial charge in [0.15, 0.2) is 11.2 Å². The second-order valence-electron chi connectivity index (χ2n) is 6.58. The number of fused-ring (bicyclic) bond motifs is 1. The number of benzene rings is 1. The van der Waals surface area contributed by atoms with E-state index in [1.165, 1.54) is 29.6 Å². The van der Waals surface area contributed by atoms with Gasteiger partial charge < -0.3 is 8.98 Å². The van der Waals surface area contributed by atoms with Crippen LogP contribution in [0.3, 0.4) is 0 Å². The van der Waals surface area contributed by atoms with Crippen molar-refractivity contribution in [3.05, 3.63) is 57.0 Å². The number of hydrogen-bond acceptors (Lipinski definition) is 7. The molecule has 0 aliphatic rings. The van der Waals surface area contributed by atoms with Crippen LogP contribution >= 0.6 is 0 Å². The number of carbonyl (C=O) groups is 1. The van der Waals surface area contributed by atoms with Crippen LogP contribution in [0, 0.1) is 6.92 Å². The van der Waals surface area contributed by atoms with Crippen LogP contribution in [0.5, 0.6) is 0 Å². The summed E-state index contributed by atoms with van der Waals surface area (Å²) in [5.74, 6) is -0.208. The monoisotopic (exact) mass is 395 g/mol. The summed E-state index contributed by atoms with van der Waals surface area (Å²) in [6.45, 7) is 1.73. The molecule has 4 rings (SSSR count). The van der Waals surface area contributed by atoms with Gasteiger partial charge in [0.2, 0.25) is 11.8 Å². The van der Waals surface area contributed by atoms with E-state index in [9.17, 15) is 14.4 Å². The van der Waals surface area contributed by atoms with Gasteiger partial charge in [-0.1, -0.05) is 22.8 Å². The van der Waals surface area contributed by atoms with E-state index in [4.69, 9.17) is 4.42 Å². The summed E-state index contributed by atoms with van der Waals surface area (Å²) in [5.41, 5.74) is 1.10. The quantitative estimate of drug-likeness (QED) is 0.530. The molecule has 0 unspecified atom stereocenters. The van der Waals surface area contributed by atoms with Gasteiger partial charge in [-0.2, -0.15) is 0 Å². The lowest BCUT2D eigenvalue weighted by Gasteiger charge is -2.06. The van der Waals surface area contributed by atoms with E-state index in [1.807, 2.05) is 31.2 Å². The Labute approximate surface area is 163 Å². The van der Waals surface area contributed by atoms with E-state index in [2.05, 4.69) is 20.5 Å². The molecule has 148 valence electrons. The minimum atomic E-state index is -0.534. The van der Waals surface area contributed by atoms with E-state index in [0.29, 0.717) is 0 Å². The fraction of sp³-hybridized carbons (Fsp3) is 0.222. The maximum Gasteiger partial charge on any atom is 0.332 e. The van der Waals surface area contributed by atoms with Crippen LogP contribution in [0.2, 0.25) is 0 Å². The summed E-state index contributed by atoms with van der Waals surface area (Å²) >= 11 is 0. The maximum atomic E-state index is 12.4. The lowest BCUT2D eigenvalue weighted by molar-refractivity contribution is -0.116. The van der Waals surface area contributed by atoms with E-state index in [1.54, 1.807) is 0 Å². The predicted octanol–water partition coefficient (Wildman–Crippen LogP) is 0.431. The first-order valence-corrected chi connectivity index (χ1v) is 8.66. The van der Waals surface area contributed by atoms with Crippen molar-refractivity contribution in [3.8, 4) is 11.5 Å². The standard InChI is InChI=1S/C18H17N7O4/c1-10-5-4-6-11(7-10)15-21-22-17(29-15)20-12(26)8-25-9-19-14-13(25)16(27)24(3)18(28)23(14)2/h4-7,9H,8H2,1-3H3,(H,20,22,26). The van der Waals surface area contributed by atoms with Crippen LogP contribution in [-0.4, -0.2) is 34.8 Å². The smallest absolute Gasteiger partial charge is 0.332 e. The minimum absolute atomic E-state index is 0.0590. The molecule has 0 fully saturated rings. The third-order valence-electron chi connectivity index (χ3n) is 4.47. The summed E-state index contributed by atoms with van der Waals surface area (Å²) in [4.78, 5) is 40.9. The zero-order chi connectivity index (χ0) is 20.7. The molecule has 1 aromatic carbocycles. The number of nitrogens with one attached hydrogen (secondary N) is 1. The van der Waals surface area contributed by atoms with Gasteiger partial charge in [-0.05, 0) is 19.1 Å². The van der Waals surface area contributed by atoms with E-state index in [-0.39, 0.29) is 29.6 Å². The molecule has 11 nitrogen and oxygen atoms in total.